The minimum Gasteiger partial charge on any atom is -0.497 e. The van der Waals surface area contributed by atoms with Crippen molar-refractivity contribution in [2.75, 3.05) is 14.2 Å². The van der Waals surface area contributed by atoms with Gasteiger partial charge in [0.25, 0.3) is 0 Å². The quantitative estimate of drug-likeness (QED) is 0.471. The van der Waals surface area contributed by atoms with Crippen LogP contribution in [0.15, 0.2) is 53.6 Å². The number of hydrogen-bond donors (Lipinski definition) is 2. The zero-order valence-corrected chi connectivity index (χ0v) is 14.9. The number of nitrogens with one attached hydrogen (secondary N) is 2. The average molecular weight is 355 g/mol. The Hall–Kier alpha value is -3.35. The van der Waals surface area contributed by atoms with E-state index in [1.54, 1.807) is 57.5 Å². The summed E-state index contributed by atoms with van der Waals surface area (Å²) < 4.78 is 10.1. The Labute approximate surface area is 152 Å². The molecule has 136 valence electrons. The van der Waals surface area contributed by atoms with E-state index < -0.39 is 11.8 Å². The standard InChI is InChI=1S/C19H21N3O4/c1-13(15-6-10-17(26-3)11-7-15)21-18(23)19(24)22-20-12-14-4-8-16(25-2)9-5-14/h4-13H,1-3H3,(H,21,23)(H,22,24). The first-order valence-electron chi connectivity index (χ1n) is 7.95. The first kappa shape index (κ1) is 19.0. The molecular formula is C19H21N3O4. The van der Waals surface area contributed by atoms with Crippen molar-refractivity contribution >= 4 is 18.0 Å². The molecule has 7 nitrogen and oxygen atoms in total. The van der Waals surface area contributed by atoms with E-state index >= 15 is 0 Å². The molecule has 0 aliphatic heterocycles. The molecule has 0 saturated heterocycles. The fourth-order valence-corrected chi connectivity index (χ4v) is 2.14. The molecule has 2 rings (SSSR count). The summed E-state index contributed by atoms with van der Waals surface area (Å²) in [5.41, 5.74) is 3.82. The molecule has 0 aromatic heterocycles. The lowest BCUT2D eigenvalue weighted by Gasteiger charge is -2.13. The van der Waals surface area contributed by atoms with E-state index in [4.69, 9.17) is 9.47 Å². The van der Waals surface area contributed by atoms with Gasteiger partial charge in [-0.25, -0.2) is 5.43 Å². The van der Waals surface area contributed by atoms with Crippen molar-refractivity contribution < 1.29 is 19.1 Å². The van der Waals surface area contributed by atoms with Crippen molar-refractivity contribution in [3.8, 4) is 11.5 Å². The summed E-state index contributed by atoms with van der Waals surface area (Å²) in [4.78, 5) is 23.8. The van der Waals surface area contributed by atoms with Gasteiger partial charge in [-0.05, 0) is 54.4 Å². The highest BCUT2D eigenvalue weighted by molar-refractivity contribution is 6.35. The van der Waals surface area contributed by atoms with Crippen LogP contribution in [0.5, 0.6) is 11.5 Å². The predicted octanol–water partition coefficient (Wildman–Crippen LogP) is 2.03. The maximum absolute atomic E-state index is 11.9. The van der Waals surface area contributed by atoms with Crippen molar-refractivity contribution in [1.82, 2.24) is 10.7 Å². The fourth-order valence-electron chi connectivity index (χ4n) is 2.14. The number of ether oxygens (including phenoxy) is 2. The Balaban J connectivity index is 1.85. The number of hydrazone groups is 1. The molecule has 0 spiro atoms. The maximum atomic E-state index is 11.9. The molecule has 26 heavy (non-hydrogen) atoms. The number of hydrogen-bond acceptors (Lipinski definition) is 5. The van der Waals surface area contributed by atoms with Crippen molar-refractivity contribution in [1.29, 1.82) is 0 Å². The van der Waals surface area contributed by atoms with Crippen LogP contribution >= 0.6 is 0 Å². The average Bonchev–Trinajstić information content (AvgIpc) is 2.68. The van der Waals surface area contributed by atoms with Crippen LogP contribution in [-0.2, 0) is 9.59 Å². The molecule has 1 unspecified atom stereocenters. The van der Waals surface area contributed by atoms with Crippen molar-refractivity contribution in [2.45, 2.75) is 13.0 Å². The lowest BCUT2D eigenvalue weighted by Crippen LogP contribution is -2.39. The first-order chi connectivity index (χ1) is 12.5. The molecule has 2 aromatic rings. The minimum atomic E-state index is -0.838. The normalized spacial score (nSPS) is 11.7. The minimum absolute atomic E-state index is 0.329. The molecule has 0 aliphatic rings. The zero-order valence-electron chi connectivity index (χ0n) is 14.9. The SMILES string of the molecule is COc1ccc(C=NNC(=O)C(=O)NC(C)c2ccc(OC)cc2)cc1. The number of nitrogens with zero attached hydrogens (tertiary/aromatic N) is 1. The number of amides is 2. The lowest BCUT2D eigenvalue weighted by atomic mass is 10.1. The van der Waals surface area contributed by atoms with Gasteiger partial charge in [0, 0.05) is 0 Å². The molecule has 0 saturated carbocycles. The Morgan fingerprint density at radius 2 is 1.46 bits per heavy atom. The zero-order chi connectivity index (χ0) is 18.9. The molecule has 2 amide bonds. The van der Waals surface area contributed by atoms with Crippen LogP contribution in [0.3, 0.4) is 0 Å². The van der Waals surface area contributed by atoms with Crippen LogP contribution in [0.4, 0.5) is 0 Å². The summed E-state index contributed by atoms with van der Waals surface area (Å²) in [7, 11) is 3.16. The molecule has 7 heteroatoms. The van der Waals surface area contributed by atoms with E-state index in [0.29, 0.717) is 0 Å². The topological polar surface area (TPSA) is 89.0 Å². The Morgan fingerprint density at radius 1 is 0.923 bits per heavy atom. The van der Waals surface area contributed by atoms with Crippen LogP contribution in [0.25, 0.3) is 0 Å². The van der Waals surface area contributed by atoms with Crippen molar-refractivity contribution in [2.24, 2.45) is 5.10 Å². The van der Waals surface area contributed by atoms with E-state index in [-0.39, 0.29) is 6.04 Å². The molecular weight excluding hydrogens is 334 g/mol. The third kappa shape index (κ3) is 5.34. The van der Waals surface area contributed by atoms with E-state index in [1.807, 2.05) is 12.1 Å². The van der Waals surface area contributed by atoms with Crippen LogP contribution < -0.4 is 20.2 Å². The number of methoxy groups -OCH3 is 2. The monoisotopic (exact) mass is 355 g/mol. The van der Waals surface area contributed by atoms with Gasteiger partial charge in [-0.3, -0.25) is 9.59 Å². The first-order valence-corrected chi connectivity index (χ1v) is 7.95. The fraction of sp³-hybridized carbons (Fsp3) is 0.211. The van der Waals surface area contributed by atoms with Crippen molar-refractivity contribution in [3.63, 3.8) is 0 Å². The van der Waals surface area contributed by atoms with Crippen molar-refractivity contribution in [3.05, 3.63) is 59.7 Å². The summed E-state index contributed by atoms with van der Waals surface area (Å²) >= 11 is 0. The molecule has 0 aliphatic carbocycles. The maximum Gasteiger partial charge on any atom is 0.329 e. The molecule has 0 heterocycles. The van der Waals surface area contributed by atoms with E-state index in [2.05, 4.69) is 15.8 Å². The van der Waals surface area contributed by atoms with Crippen LogP contribution in [0.2, 0.25) is 0 Å². The highest BCUT2D eigenvalue weighted by Gasteiger charge is 2.16. The second-order valence-electron chi connectivity index (χ2n) is 5.44. The Kier molecular flexibility index (Phi) is 6.73. The molecule has 0 bridgehead atoms. The van der Waals surface area contributed by atoms with Gasteiger partial charge in [0.15, 0.2) is 0 Å². The second kappa shape index (κ2) is 9.22. The third-order valence-corrected chi connectivity index (χ3v) is 3.67. The van der Waals surface area contributed by atoms with Gasteiger partial charge < -0.3 is 14.8 Å². The highest BCUT2D eigenvalue weighted by Crippen LogP contribution is 2.17. The van der Waals surface area contributed by atoms with Crippen LogP contribution in [0.1, 0.15) is 24.1 Å². The Bertz CT molecular complexity index is 770. The number of carbonyl (C=O) groups excluding carboxylic acids is 2. The largest absolute Gasteiger partial charge is 0.497 e. The number of rotatable bonds is 6. The molecule has 1 atom stereocenters. The lowest BCUT2D eigenvalue weighted by molar-refractivity contribution is -0.139. The Morgan fingerprint density at radius 3 is 2.00 bits per heavy atom. The van der Waals surface area contributed by atoms with E-state index in [9.17, 15) is 9.59 Å². The van der Waals surface area contributed by atoms with Gasteiger partial charge in [-0.1, -0.05) is 12.1 Å². The van der Waals surface area contributed by atoms with Crippen LogP contribution in [-0.4, -0.2) is 32.2 Å². The van der Waals surface area contributed by atoms with Gasteiger partial charge in [0.05, 0.1) is 26.5 Å². The predicted molar refractivity (Wildman–Crippen MR) is 98.3 cm³/mol. The molecule has 2 aromatic carbocycles. The summed E-state index contributed by atoms with van der Waals surface area (Å²) in [6.45, 7) is 1.79. The summed E-state index contributed by atoms with van der Waals surface area (Å²) in [6, 6.07) is 14.0. The van der Waals surface area contributed by atoms with Gasteiger partial charge in [-0.15, -0.1) is 0 Å². The highest BCUT2D eigenvalue weighted by atomic mass is 16.5. The van der Waals surface area contributed by atoms with Gasteiger partial charge in [-0.2, -0.15) is 5.10 Å². The smallest absolute Gasteiger partial charge is 0.329 e. The summed E-state index contributed by atoms with van der Waals surface area (Å²) in [5, 5.41) is 6.39. The van der Waals surface area contributed by atoms with E-state index in [1.165, 1.54) is 6.21 Å². The molecule has 0 radical (unpaired) electrons. The van der Waals surface area contributed by atoms with Gasteiger partial charge in [0.2, 0.25) is 0 Å². The summed E-state index contributed by atoms with van der Waals surface area (Å²) in [5.74, 6) is -0.161. The van der Waals surface area contributed by atoms with Gasteiger partial charge in [0.1, 0.15) is 11.5 Å². The number of carbonyl (C=O) groups is 2. The van der Waals surface area contributed by atoms with Crippen LogP contribution in [0, 0.1) is 0 Å². The summed E-state index contributed by atoms with van der Waals surface area (Å²) in [6.07, 6.45) is 1.44. The third-order valence-electron chi connectivity index (χ3n) is 3.67. The van der Waals surface area contributed by atoms with E-state index in [0.717, 1.165) is 22.6 Å². The molecule has 0 fully saturated rings. The van der Waals surface area contributed by atoms with Gasteiger partial charge >= 0.3 is 11.8 Å². The molecule has 2 N–H and O–H groups in total. The number of benzene rings is 2. The second-order valence-corrected chi connectivity index (χ2v) is 5.44.